The zero-order valence-electron chi connectivity index (χ0n) is 8.40. The third kappa shape index (κ3) is 1.70. The lowest BCUT2D eigenvalue weighted by Gasteiger charge is -2.39. The van der Waals surface area contributed by atoms with Crippen molar-refractivity contribution in [1.82, 2.24) is 5.32 Å². The number of piperidine rings is 1. The molecule has 3 N–H and O–H groups in total. The van der Waals surface area contributed by atoms with Crippen LogP contribution in [0.1, 0.15) is 13.8 Å². The van der Waals surface area contributed by atoms with Gasteiger partial charge in [-0.15, -0.1) is 0 Å². The molecule has 0 spiro atoms. The standard InChI is InChI=1S/C9H11N3O2S/c1-9(2)4(3-10)7(14)12-8(15)5(9)6(11)13/h4-5H,1-2H3,(H2,11,13)(H,12,14,15)/t4-,5+/m0/s1. The summed E-state index contributed by atoms with van der Waals surface area (Å²) in [6, 6.07) is 1.87. The molecule has 0 radical (unpaired) electrons. The Morgan fingerprint density at radius 1 is 1.67 bits per heavy atom. The first-order valence-corrected chi connectivity index (χ1v) is 4.76. The number of nitriles is 1. The molecule has 1 saturated heterocycles. The summed E-state index contributed by atoms with van der Waals surface area (Å²) in [5.41, 5.74) is 4.35. The van der Waals surface area contributed by atoms with Crippen LogP contribution in [-0.4, -0.2) is 16.8 Å². The van der Waals surface area contributed by atoms with Crippen molar-refractivity contribution in [3.05, 3.63) is 0 Å². The summed E-state index contributed by atoms with van der Waals surface area (Å²) < 4.78 is 0. The van der Waals surface area contributed by atoms with Crippen LogP contribution in [0, 0.1) is 28.6 Å². The summed E-state index contributed by atoms with van der Waals surface area (Å²) in [5, 5.41) is 11.2. The van der Waals surface area contributed by atoms with E-state index in [1.165, 1.54) is 0 Å². The van der Waals surface area contributed by atoms with Gasteiger partial charge in [-0.25, -0.2) is 0 Å². The highest BCUT2D eigenvalue weighted by Crippen LogP contribution is 2.38. The summed E-state index contributed by atoms with van der Waals surface area (Å²) in [6.07, 6.45) is 0. The van der Waals surface area contributed by atoms with Gasteiger partial charge in [-0.05, 0) is 0 Å². The fraction of sp³-hybridized carbons (Fsp3) is 0.556. The molecule has 1 aliphatic heterocycles. The number of nitrogens with one attached hydrogen (secondary N) is 1. The van der Waals surface area contributed by atoms with Gasteiger partial charge in [0, 0.05) is 5.41 Å². The van der Waals surface area contributed by atoms with Crippen molar-refractivity contribution >= 4 is 29.0 Å². The van der Waals surface area contributed by atoms with E-state index in [-0.39, 0.29) is 4.99 Å². The second-order valence-electron chi connectivity index (χ2n) is 4.07. The molecule has 2 atom stereocenters. The molecule has 0 aromatic rings. The van der Waals surface area contributed by atoms with Gasteiger partial charge in [0.25, 0.3) is 0 Å². The maximum absolute atomic E-state index is 11.4. The molecule has 15 heavy (non-hydrogen) atoms. The van der Waals surface area contributed by atoms with Gasteiger partial charge in [0.1, 0.15) is 5.92 Å². The lowest BCUT2D eigenvalue weighted by atomic mass is 9.66. The molecule has 1 heterocycles. The van der Waals surface area contributed by atoms with Gasteiger partial charge >= 0.3 is 0 Å². The minimum absolute atomic E-state index is 0.101. The number of hydrogen-bond donors (Lipinski definition) is 2. The molecule has 5 nitrogen and oxygen atoms in total. The number of hydrogen-bond acceptors (Lipinski definition) is 4. The number of thiocarbonyl (C=S) groups is 1. The van der Waals surface area contributed by atoms with Crippen molar-refractivity contribution in [1.29, 1.82) is 5.26 Å². The van der Waals surface area contributed by atoms with E-state index < -0.39 is 29.1 Å². The Hall–Kier alpha value is -1.48. The van der Waals surface area contributed by atoms with Crippen LogP contribution < -0.4 is 11.1 Å². The van der Waals surface area contributed by atoms with Gasteiger partial charge in [-0.3, -0.25) is 9.59 Å². The van der Waals surface area contributed by atoms with Gasteiger partial charge in [-0.2, -0.15) is 5.26 Å². The fourth-order valence-electron chi connectivity index (χ4n) is 1.83. The van der Waals surface area contributed by atoms with Crippen molar-refractivity contribution in [2.75, 3.05) is 0 Å². The van der Waals surface area contributed by atoms with E-state index in [9.17, 15) is 9.59 Å². The van der Waals surface area contributed by atoms with Crippen molar-refractivity contribution < 1.29 is 9.59 Å². The third-order valence-corrected chi connectivity index (χ3v) is 3.01. The first-order valence-electron chi connectivity index (χ1n) is 4.36. The summed E-state index contributed by atoms with van der Waals surface area (Å²) >= 11 is 4.89. The molecule has 0 aromatic heterocycles. The van der Waals surface area contributed by atoms with Crippen LogP contribution in [0.4, 0.5) is 0 Å². The predicted molar refractivity (Wildman–Crippen MR) is 56.3 cm³/mol. The van der Waals surface area contributed by atoms with E-state index in [4.69, 9.17) is 23.2 Å². The molecular weight excluding hydrogens is 214 g/mol. The number of nitrogens with two attached hydrogens (primary N) is 1. The largest absolute Gasteiger partial charge is 0.369 e. The molecule has 0 bridgehead atoms. The topological polar surface area (TPSA) is 96.0 Å². The van der Waals surface area contributed by atoms with Crippen LogP contribution >= 0.6 is 12.2 Å². The molecular formula is C9H11N3O2S. The number of amides is 2. The minimum atomic E-state index is -0.915. The van der Waals surface area contributed by atoms with E-state index in [0.29, 0.717) is 0 Å². The Kier molecular flexibility index (Phi) is 2.77. The van der Waals surface area contributed by atoms with Gasteiger partial charge in [-0.1, -0.05) is 26.1 Å². The minimum Gasteiger partial charge on any atom is -0.369 e. The number of nitrogens with zero attached hydrogens (tertiary/aromatic N) is 1. The average molecular weight is 225 g/mol. The quantitative estimate of drug-likeness (QED) is 0.599. The second-order valence-corrected chi connectivity index (χ2v) is 4.51. The molecule has 1 rings (SSSR count). The molecule has 80 valence electrons. The third-order valence-electron chi connectivity index (χ3n) is 2.67. The molecule has 0 aromatic carbocycles. The lowest BCUT2D eigenvalue weighted by molar-refractivity contribution is -0.131. The van der Waals surface area contributed by atoms with Gasteiger partial charge in [0.2, 0.25) is 11.8 Å². The van der Waals surface area contributed by atoms with Crippen LogP contribution in [0.3, 0.4) is 0 Å². The summed E-state index contributed by atoms with van der Waals surface area (Å²) in [6.45, 7) is 3.28. The van der Waals surface area contributed by atoms with Crippen molar-refractivity contribution in [3.63, 3.8) is 0 Å². The van der Waals surface area contributed by atoms with Gasteiger partial charge < -0.3 is 11.1 Å². The Bertz CT molecular complexity index is 383. The Morgan fingerprint density at radius 3 is 2.60 bits per heavy atom. The molecule has 1 aliphatic rings. The maximum atomic E-state index is 11.4. The molecule has 2 amide bonds. The summed E-state index contributed by atoms with van der Waals surface area (Å²) in [4.78, 5) is 22.8. The van der Waals surface area contributed by atoms with Crippen molar-refractivity contribution in [3.8, 4) is 6.07 Å². The Labute approximate surface area is 92.6 Å². The Morgan fingerprint density at radius 2 is 2.20 bits per heavy atom. The Balaban J connectivity index is 3.21. The summed E-state index contributed by atoms with van der Waals surface area (Å²) in [5.74, 6) is -2.79. The normalized spacial score (nSPS) is 29.1. The molecule has 0 unspecified atom stereocenters. The van der Waals surface area contributed by atoms with Crippen LogP contribution in [0.25, 0.3) is 0 Å². The number of primary amides is 1. The van der Waals surface area contributed by atoms with E-state index in [0.717, 1.165) is 0 Å². The molecule has 6 heteroatoms. The monoisotopic (exact) mass is 225 g/mol. The SMILES string of the molecule is CC1(C)[C@H](C(N)=O)C(=S)NC(=O)[C@@H]1C#N. The fourth-order valence-corrected chi connectivity index (χ4v) is 2.35. The van der Waals surface area contributed by atoms with E-state index in [1.807, 2.05) is 6.07 Å². The highest BCUT2D eigenvalue weighted by molar-refractivity contribution is 7.80. The van der Waals surface area contributed by atoms with Crippen LogP contribution in [0.15, 0.2) is 0 Å². The van der Waals surface area contributed by atoms with Crippen molar-refractivity contribution in [2.24, 2.45) is 23.0 Å². The van der Waals surface area contributed by atoms with Gasteiger partial charge in [0.15, 0.2) is 0 Å². The molecule has 1 fully saturated rings. The van der Waals surface area contributed by atoms with E-state index in [1.54, 1.807) is 13.8 Å². The average Bonchev–Trinajstić information content (AvgIpc) is 2.00. The van der Waals surface area contributed by atoms with Gasteiger partial charge in [0.05, 0.1) is 17.0 Å². The van der Waals surface area contributed by atoms with Crippen molar-refractivity contribution in [2.45, 2.75) is 13.8 Å². The van der Waals surface area contributed by atoms with Crippen LogP contribution in [0.2, 0.25) is 0 Å². The predicted octanol–water partition coefficient (Wildman–Crippen LogP) is -0.289. The lowest BCUT2D eigenvalue weighted by Crippen LogP contribution is -2.58. The highest BCUT2D eigenvalue weighted by atomic mass is 32.1. The zero-order valence-corrected chi connectivity index (χ0v) is 9.22. The molecule has 0 saturated carbocycles. The van der Waals surface area contributed by atoms with E-state index >= 15 is 0 Å². The molecule has 0 aliphatic carbocycles. The smallest absolute Gasteiger partial charge is 0.242 e. The van der Waals surface area contributed by atoms with E-state index in [2.05, 4.69) is 5.32 Å². The zero-order chi connectivity index (χ0) is 11.8. The van der Waals surface area contributed by atoms with Crippen LogP contribution in [-0.2, 0) is 9.59 Å². The second kappa shape index (κ2) is 3.59. The first kappa shape index (κ1) is 11.6. The van der Waals surface area contributed by atoms with Crippen LogP contribution in [0.5, 0.6) is 0 Å². The number of carbonyl (C=O) groups excluding carboxylic acids is 2. The number of rotatable bonds is 1. The maximum Gasteiger partial charge on any atom is 0.242 e. The summed E-state index contributed by atoms with van der Waals surface area (Å²) in [7, 11) is 0. The number of carbonyl (C=O) groups is 2. The highest BCUT2D eigenvalue weighted by Gasteiger charge is 2.50. The first-order chi connectivity index (χ1) is 6.82.